The molecule has 1 amide bonds. The molecule has 4 rings (SSSR count). The Kier molecular flexibility index (Phi) is 6.18. The van der Waals surface area contributed by atoms with Crippen molar-refractivity contribution in [1.82, 2.24) is 10.2 Å². The highest BCUT2D eigenvalue weighted by Gasteiger charge is 2.26. The first-order chi connectivity index (χ1) is 15.1. The van der Waals surface area contributed by atoms with Gasteiger partial charge in [-0.05, 0) is 49.2 Å². The zero-order valence-corrected chi connectivity index (χ0v) is 17.4. The number of halogens is 1. The summed E-state index contributed by atoms with van der Waals surface area (Å²) in [5.74, 6) is 0.438. The molecule has 1 aromatic heterocycles. The predicted molar refractivity (Wildman–Crippen MR) is 114 cm³/mol. The van der Waals surface area contributed by atoms with E-state index in [1.165, 1.54) is 18.2 Å². The lowest BCUT2D eigenvalue weighted by Gasteiger charge is -2.22. The van der Waals surface area contributed by atoms with E-state index in [1.807, 2.05) is 6.07 Å². The smallest absolute Gasteiger partial charge is 0.255 e. The molecule has 7 nitrogen and oxygen atoms in total. The fraction of sp³-hybridized carbons (Fsp3) is 0.304. The molecule has 2 aromatic carbocycles. The SMILES string of the molecule is COc1ccc(-c2n[nH]c(C3CCOCC3)c2NC(=O)c2cccc(F)c2)cc1OC. The summed E-state index contributed by atoms with van der Waals surface area (Å²) in [4.78, 5) is 12.9. The third-order valence-corrected chi connectivity index (χ3v) is 5.41. The molecule has 1 saturated heterocycles. The second kappa shape index (κ2) is 9.18. The highest BCUT2D eigenvalue weighted by Crippen LogP contribution is 2.39. The zero-order valence-electron chi connectivity index (χ0n) is 17.4. The Balaban J connectivity index is 1.75. The van der Waals surface area contributed by atoms with Gasteiger partial charge in [-0.2, -0.15) is 5.10 Å². The molecule has 0 spiro atoms. The van der Waals surface area contributed by atoms with Crippen molar-refractivity contribution in [2.75, 3.05) is 32.8 Å². The zero-order chi connectivity index (χ0) is 21.8. The summed E-state index contributed by atoms with van der Waals surface area (Å²) in [6.07, 6.45) is 1.63. The molecule has 3 aromatic rings. The van der Waals surface area contributed by atoms with E-state index in [1.54, 1.807) is 32.4 Å². The van der Waals surface area contributed by atoms with Gasteiger partial charge in [0.05, 0.1) is 25.6 Å². The van der Waals surface area contributed by atoms with E-state index in [0.29, 0.717) is 36.1 Å². The highest BCUT2D eigenvalue weighted by atomic mass is 19.1. The van der Waals surface area contributed by atoms with Crippen molar-refractivity contribution in [2.45, 2.75) is 18.8 Å². The Morgan fingerprint density at radius 3 is 2.61 bits per heavy atom. The first-order valence-corrected chi connectivity index (χ1v) is 10.1. The van der Waals surface area contributed by atoms with Crippen molar-refractivity contribution in [3.63, 3.8) is 0 Å². The molecule has 162 valence electrons. The van der Waals surface area contributed by atoms with Crippen LogP contribution >= 0.6 is 0 Å². The van der Waals surface area contributed by atoms with Crippen LogP contribution in [0.4, 0.5) is 10.1 Å². The Labute approximate surface area is 179 Å². The molecule has 2 N–H and O–H groups in total. The lowest BCUT2D eigenvalue weighted by Crippen LogP contribution is -2.18. The average Bonchev–Trinajstić information content (AvgIpc) is 3.22. The number of rotatable bonds is 6. The van der Waals surface area contributed by atoms with Crippen LogP contribution in [0.5, 0.6) is 11.5 Å². The number of aromatic nitrogens is 2. The summed E-state index contributed by atoms with van der Waals surface area (Å²) in [5, 5.41) is 10.6. The number of ether oxygens (including phenoxy) is 3. The van der Waals surface area contributed by atoms with Crippen molar-refractivity contribution in [1.29, 1.82) is 0 Å². The minimum atomic E-state index is -0.468. The van der Waals surface area contributed by atoms with Crippen molar-refractivity contribution in [3.8, 4) is 22.8 Å². The number of nitrogens with zero attached hydrogens (tertiary/aromatic N) is 1. The van der Waals surface area contributed by atoms with Crippen LogP contribution in [0.25, 0.3) is 11.3 Å². The summed E-state index contributed by atoms with van der Waals surface area (Å²) in [6, 6.07) is 11.0. The number of aromatic amines is 1. The summed E-state index contributed by atoms with van der Waals surface area (Å²) >= 11 is 0. The van der Waals surface area contributed by atoms with Crippen molar-refractivity contribution < 1.29 is 23.4 Å². The maximum atomic E-state index is 13.6. The van der Waals surface area contributed by atoms with Gasteiger partial charge in [0.25, 0.3) is 5.91 Å². The highest BCUT2D eigenvalue weighted by molar-refractivity contribution is 6.06. The third-order valence-electron chi connectivity index (χ3n) is 5.41. The van der Waals surface area contributed by atoms with E-state index in [-0.39, 0.29) is 11.5 Å². The quantitative estimate of drug-likeness (QED) is 0.612. The normalized spacial score (nSPS) is 14.3. The number of H-pyrrole nitrogens is 1. The van der Waals surface area contributed by atoms with Crippen LogP contribution in [0, 0.1) is 5.82 Å². The molecule has 0 radical (unpaired) electrons. The molecule has 2 heterocycles. The lowest BCUT2D eigenvalue weighted by atomic mass is 9.94. The monoisotopic (exact) mass is 425 g/mol. The molecule has 1 aliphatic heterocycles. The lowest BCUT2D eigenvalue weighted by molar-refractivity contribution is 0.0846. The number of anilines is 1. The fourth-order valence-corrected chi connectivity index (χ4v) is 3.77. The number of nitrogens with one attached hydrogen (secondary N) is 2. The number of carbonyl (C=O) groups is 1. The van der Waals surface area contributed by atoms with Gasteiger partial charge in [0.15, 0.2) is 11.5 Å². The first kappa shape index (κ1) is 20.9. The molecule has 1 fully saturated rings. The first-order valence-electron chi connectivity index (χ1n) is 10.1. The summed E-state index contributed by atoms with van der Waals surface area (Å²) in [7, 11) is 3.13. The van der Waals surface area contributed by atoms with Gasteiger partial charge in [-0.15, -0.1) is 0 Å². The summed E-state index contributed by atoms with van der Waals surface area (Å²) in [5.41, 5.74) is 2.97. The summed E-state index contributed by atoms with van der Waals surface area (Å²) in [6.45, 7) is 1.29. The van der Waals surface area contributed by atoms with E-state index in [2.05, 4.69) is 15.5 Å². The number of benzene rings is 2. The van der Waals surface area contributed by atoms with Crippen molar-refractivity contribution in [3.05, 3.63) is 59.5 Å². The van der Waals surface area contributed by atoms with Gasteiger partial charge in [0, 0.05) is 30.3 Å². The van der Waals surface area contributed by atoms with E-state index < -0.39 is 11.7 Å². The molecule has 0 atom stereocenters. The topological polar surface area (TPSA) is 85.5 Å². The molecular weight excluding hydrogens is 401 g/mol. The minimum Gasteiger partial charge on any atom is -0.493 e. The van der Waals surface area contributed by atoms with Gasteiger partial charge >= 0.3 is 0 Å². The molecule has 0 bridgehead atoms. The van der Waals surface area contributed by atoms with E-state index in [4.69, 9.17) is 14.2 Å². The van der Waals surface area contributed by atoms with Crippen molar-refractivity contribution in [2.24, 2.45) is 0 Å². The van der Waals surface area contributed by atoms with E-state index in [9.17, 15) is 9.18 Å². The molecule has 0 aliphatic carbocycles. The van der Waals surface area contributed by atoms with Gasteiger partial charge in [-0.3, -0.25) is 9.89 Å². The van der Waals surface area contributed by atoms with Crippen LogP contribution in [-0.4, -0.2) is 43.5 Å². The largest absolute Gasteiger partial charge is 0.493 e. The second-order valence-electron chi connectivity index (χ2n) is 7.28. The van der Waals surface area contributed by atoms with Gasteiger partial charge < -0.3 is 19.5 Å². The standard InChI is InChI=1S/C23H24FN3O4/c1-29-18-7-6-15(13-19(18)30-2)21-22(20(26-27-21)14-8-10-31-11-9-14)25-23(28)16-4-3-5-17(24)12-16/h3-7,12-14H,8-11H2,1-2H3,(H,25,28)(H,26,27). The number of hydrogen-bond donors (Lipinski definition) is 2. The predicted octanol–water partition coefficient (Wildman–Crippen LogP) is 4.38. The molecule has 0 saturated carbocycles. The van der Waals surface area contributed by atoms with Crippen LogP contribution in [0.1, 0.15) is 34.8 Å². The van der Waals surface area contributed by atoms with Crippen LogP contribution in [0.3, 0.4) is 0 Å². The number of carbonyl (C=O) groups excluding carboxylic acids is 1. The fourth-order valence-electron chi connectivity index (χ4n) is 3.77. The Hall–Kier alpha value is -3.39. The molecule has 1 aliphatic rings. The van der Waals surface area contributed by atoms with Gasteiger partial charge in [-0.25, -0.2) is 4.39 Å². The number of amides is 1. The van der Waals surface area contributed by atoms with Gasteiger partial charge in [0.1, 0.15) is 11.5 Å². The Bertz CT molecular complexity index is 1080. The minimum absolute atomic E-state index is 0.165. The molecular formula is C23H24FN3O4. The van der Waals surface area contributed by atoms with Crippen LogP contribution in [0.2, 0.25) is 0 Å². The van der Waals surface area contributed by atoms with E-state index >= 15 is 0 Å². The van der Waals surface area contributed by atoms with Crippen molar-refractivity contribution >= 4 is 11.6 Å². The second-order valence-corrected chi connectivity index (χ2v) is 7.28. The van der Waals surface area contributed by atoms with E-state index in [0.717, 1.165) is 24.1 Å². The van der Waals surface area contributed by atoms with Crippen LogP contribution in [0.15, 0.2) is 42.5 Å². The van der Waals surface area contributed by atoms with Gasteiger partial charge in [0.2, 0.25) is 0 Å². The maximum Gasteiger partial charge on any atom is 0.255 e. The third kappa shape index (κ3) is 4.39. The maximum absolute atomic E-state index is 13.6. The van der Waals surface area contributed by atoms with Crippen LogP contribution in [-0.2, 0) is 4.74 Å². The molecule has 0 unspecified atom stereocenters. The molecule has 8 heteroatoms. The Morgan fingerprint density at radius 1 is 1.13 bits per heavy atom. The Morgan fingerprint density at radius 2 is 1.90 bits per heavy atom. The van der Waals surface area contributed by atoms with Crippen LogP contribution < -0.4 is 14.8 Å². The average molecular weight is 425 g/mol. The van der Waals surface area contributed by atoms with Gasteiger partial charge in [-0.1, -0.05) is 6.07 Å². The number of hydrogen-bond acceptors (Lipinski definition) is 5. The number of methoxy groups -OCH3 is 2. The summed E-state index contributed by atoms with van der Waals surface area (Å²) < 4.78 is 29.9. The molecule has 31 heavy (non-hydrogen) atoms.